The van der Waals surface area contributed by atoms with Gasteiger partial charge in [-0.25, -0.2) is 0 Å². The Morgan fingerprint density at radius 1 is 1.05 bits per heavy atom. The molecule has 0 bridgehead atoms. The van der Waals surface area contributed by atoms with Crippen LogP contribution in [0, 0.1) is 12.3 Å². The van der Waals surface area contributed by atoms with E-state index >= 15 is 0 Å². The molecule has 1 heteroatoms. The molecule has 19 heavy (non-hydrogen) atoms. The van der Waals surface area contributed by atoms with Crippen LogP contribution in [-0.2, 0) is 5.41 Å². The van der Waals surface area contributed by atoms with Gasteiger partial charge in [0.1, 0.15) is 0 Å². The van der Waals surface area contributed by atoms with Gasteiger partial charge in [0.15, 0.2) is 0 Å². The highest BCUT2D eigenvalue weighted by molar-refractivity contribution is 5.37. The fraction of sp³-hybridized carbons (Fsp3) is 0.667. The predicted molar refractivity (Wildman–Crippen MR) is 81.5 cm³/mol. The van der Waals surface area contributed by atoms with Gasteiger partial charge in [-0.3, -0.25) is 0 Å². The third kappa shape index (κ3) is 2.23. The van der Waals surface area contributed by atoms with Crippen molar-refractivity contribution in [2.45, 2.75) is 57.3 Å². The summed E-state index contributed by atoms with van der Waals surface area (Å²) >= 11 is 0. The van der Waals surface area contributed by atoms with Crippen molar-refractivity contribution in [2.75, 3.05) is 13.6 Å². The SMILES string of the molecule is CNCC1(c2ccccc2C)CC2(CCCCC2)C1. The maximum Gasteiger partial charge on any atom is 0.00908 e. The maximum atomic E-state index is 3.46. The molecule has 2 aliphatic rings. The van der Waals surface area contributed by atoms with Crippen molar-refractivity contribution in [3.63, 3.8) is 0 Å². The van der Waals surface area contributed by atoms with Crippen molar-refractivity contribution in [1.29, 1.82) is 0 Å². The van der Waals surface area contributed by atoms with E-state index in [-0.39, 0.29) is 0 Å². The molecular formula is C18H27N. The summed E-state index contributed by atoms with van der Waals surface area (Å²) in [5.74, 6) is 0. The molecule has 1 aromatic carbocycles. The first-order chi connectivity index (χ1) is 9.20. The molecule has 0 amide bonds. The molecule has 0 aromatic heterocycles. The second-order valence-electron chi connectivity index (χ2n) is 7.04. The van der Waals surface area contributed by atoms with Crippen molar-refractivity contribution in [3.8, 4) is 0 Å². The Kier molecular flexibility index (Phi) is 3.42. The maximum absolute atomic E-state index is 3.46. The zero-order valence-electron chi connectivity index (χ0n) is 12.5. The number of benzene rings is 1. The second-order valence-corrected chi connectivity index (χ2v) is 7.04. The van der Waals surface area contributed by atoms with E-state index in [0.717, 1.165) is 6.54 Å². The normalized spacial score (nSPS) is 24.1. The molecule has 3 rings (SSSR count). The lowest BCUT2D eigenvalue weighted by Crippen LogP contribution is -2.55. The highest BCUT2D eigenvalue weighted by Gasteiger charge is 2.54. The Hall–Kier alpha value is -0.820. The Balaban J connectivity index is 1.85. The van der Waals surface area contributed by atoms with E-state index in [1.165, 1.54) is 50.5 Å². The highest BCUT2D eigenvalue weighted by atomic mass is 14.8. The van der Waals surface area contributed by atoms with E-state index in [4.69, 9.17) is 0 Å². The first-order valence-electron chi connectivity index (χ1n) is 7.91. The fourth-order valence-electron chi connectivity index (χ4n) is 4.96. The second kappa shape index (κ2) is 4.94. The largest absolute Gasteiger partial charge is 0.319 e. The lowest BCUT2D eigenvalue weighted by Gasteiger charge is -2.59. The van der Waals surface area contributed by atoms with Crippen LogP contribution in [0.1, 0.15) is 56.1 Å². The van der Waals surface area contributed by atoms with Crippen LogP contribution >= 0.6 is 0 Å². The molecular weight excluding hydrogens is 230 g/mol. The summed E-state index contributed by atoms with van der Waals surface area (Å²) < 4.78 is 0. The summed E-state index contributed by atoms with van der Waals surface area (Å²) in [6.45, 7) is 3.41. The molecule has 104 valence electrons. The first-order valence-corrected chi connectivity index (χ1v) is 7.91. The quantitative estimate of drug-likeness (QED) is 0.856. The van der Waals surface area contributed by atoms with E-state index < -0.39 is 0 Å². The molecule has 0 heterocycles. The summed E-state index contributed by atoms with van der Waals surface area (Å²) in [4.78, 5) is 0. The number of hydrogen-bond acceptors (Lipinski definition) is 1. The molecule has 1 nitrogen and oxygen atoms in total. The van der Waals surface area contributed by atoms with Crippen LogP contribution in [0.15, 0.2) is 24.3 Å². The number of nitrogens with one attached hydrogen (secondary N) is 1. The summed E-state index contributed by atoms with van der Waals surface area (Å²) in [6, 6.07) is 9.02. The van der Waals surface area contributed by atoms with Gasteiger partial charge in [-0.1, -0.05) is 43.5 Å². The van der Waals surface area contributed by atoms with Crippen LogP contribution < -0.4 is 5.32 Å². The summed E-state index contributed by atoms with van der Waals surface area (Å²) in [7, 11) is 2.10. The molecule has 0 unspecified atom stereocenters. The monoisotopic (exact) mass is 257 g/mol. The molecule has 0 saturated heterocycles. The third-order valence-corrected chi connectivity index (χ3v) is 5.57. The predicted octanol–water partition coefficient (Wildman–Crippen LogP) is 4.20. The van der Waals surface area contributed by atoms with Gasteiger partial charge in [0.25, 0.3) is 0 Å². The smallest absolute Gasteiger partial charge is 0.00908 e. The molecule has 0 radical (unpaired) electrons. The number of likely N-dealkylation sites (N-methyl/N-ethyl adjacent to an activating group) is 1. The average molecular weight is 257 g/mol. The van der Waals surface area contributed by atoms with Gasteiger partial charge < -0.3 is 5.32 Å². The molecule has 1 aromatic rings. The van der Waals surface area contributed by atoms with Crippen LogP contribution in [0.5, 0.6) is 0 Å². The van der Waals surface area contributed by atoms with E-state index in [2.05, 4.69) is 43.6 Å². The van der Waals surface area contributed by atoms with Crippen LogP contribution in [0.4, 0.5) is 0 Å². The number of hydrogen-bond donors (Lipinski definition) is 1. The fourth-order valence-corrected chi connectivity index (χ4v) is 4.96. The number of rotatable bonds is 3. The Bertz CT molecular complexity index is 435. The van der Waals surface area contributed by atoms with Crippen LogP contribution in [0.3, 0.4) is 0 Å². The number of aryl methyl sites for hydroxylation is 1. The molecule has 1 N–H and O–H groups in total. The van der Waals surface area contributed by atoms with E-state index in [0.29, 0.717) is 10.8 Å². The van der Waals surface area contributed by atoms with Gasteiger partial charge >= 0.3 is 0 Å². The van der Waals surface area contributed by atoms with Crippen LogP contribution in [0.2, 0.25) is 0 Å². The minimum Gasteiger partial charge on any atom is -0.319 e. The minimum atomic E-state index is 0.414. The molecule has 2 aliphatic carbocycles. The molecule has 0 atom stereocenters. The molecule has 0 aliphatic heterocycles. The first kappa shape index (κ1) is 13.2. The van der Waals surface area contributed by atoms with Crippen molar-refractivity contribution in [1.82, 2.24) is 5.32 Å². The third-order valence-electron chi connectivity index (χ3n) is 5.57. The van der Waals surface area contributed by atoms with Crippen molar-refractivity contribution >= 4 is 0 Å². The topological polar surface area (TPSA) is 12.0 Å². The summed E-state index contributed by atoms with van der Waals surface area (Å²) in [5, 5.41) is 3.46. The van der Waals surface area contributed by atoms with Crippen LogP contribution in [-0.4, -0.2) is 13.6 Å². The molecule has 2 saturated carbocycles. The Morgan fingerprint density at radius 3 is 2.37 bits per heavy atom. The van der Waals surface area contributed by atoms with Gasteiger partial charge in [-0.2, -0.15) is 0 Å². The summed E-state index contributed by atoms with van der Waals surface area (Å²) in [6.07, 6.45) is 10.2. The Labute approximate surface area is 117 Å². The van der Waals surface area contributed by atoms with Gasteiger partial charge in [0.05, 0.1) is 0 Å². The van der Waals surface area contributed by atoms with E-state index in [1.807, 2.05) is 0 Å². The van der Waals surface area contributed by atoms with Crippen molar-refractivity contribution in [2.24, 2.45) is 5.41 Å². The lowest BCUT2D eigenvalue weighted by atomic mass is 9.46. The van der Waals surface area contributed by atoms with Crippen LogP contribution in [0.25, 0.3) is 0 Å². The Morgan fingerprint density at radius 2 is 1.74 bits per heavy atom. The molecule has 2 fully saturated rings. The highest BCUT2D eigenvalue weighted by Crippen LogP contribution is 2.61. The van der Waals surface area contributed by atoms with Gasteiger partial charge in [0.2, 0.25) is 0 Å². The van der Waals surface area contributed by atoms with Gasteiger partial charge in [-0.15, -0.1) is 0 Å². The van der Waals surface area contributed by atoms with E-state index in [1.54, 1.807) is 5.56 Å². The standard InChI is InChI=1S/C18H27N/c1-15-8-4-5-9-16(15)18(14-19-2)12-17(13-18)10-6-3-7-11-17/h4-5,8-9,19H,3,6-7,10-14H2,1-2H3. The van der Waals surface area contributed by atoms with Crippen molar-refractivity contribution < 1.29 is 0 Å². The minimum absolute atomic E-state index is 0.414. The van der Waals surface area contributed by atoms with Gasteiger partial charge in [0, 0.05) is 12.0 Å². The van der Waals surface area contributed by atoms with Gasteiger partial charge in [-0.05, 0) is 56.2 Å². The lowest BCUT2D eigenvalue weighted by molar-refractivity contribution is -0.0121. The average Bonchev–Trinajstić information content (AvgIpc) is 2.38. The summed E-state index contributed by atoms with van der Waals surface area (Å²) in [5.41, 5.74) is 4.18. The zero-order chi connectivity index (χ0) is 13.3. The zero-order valence-corrected chi connectivity index (χ0v) is 12.5. The van der Waals surface area contributed by atoms with Crippen molar-refractivity contribution in [3.05, 3.63) is 35.4 Å². The van der Waals surface area contributed by atoms with E-state index in [9.17, 15) is 0 Å². The molecule has 1 spiro atoms.